The summed E-state index contributed by atoms with van der Waals surface area (Å²) in [5, 5.41) is 9.13. The van der Waals surface area contributed by atoms with E-state index in [9.17, 15) is 9.59 Å². The van der Waals surface area contributed by atoms with Gasteiger partial charge >= 0.3 is 5.97 Å². The normalized spacial score (nSPS) is 10.4. The van der Waals surface area contributed by atoms with Gasteiger partial charge in [0.2, 0.25) is 0 Å². The number of hydrogen-bond donors (Lipinski definition) is 1. The first kappa shape index (κ1) is 13.1. The van der Waals surface area contributed by atoms with Crippen LogP contribution in [-0.2, 0) is 6.54 Å². The molecular formula is C15H15NO3. The highest BCUT2D eigenvalue weighted by atomic mass is 16.4. The molecular weight excluding hydrogens is 242 g/mol. The fraction of sp³-hybridized carbons (Fsp3) is 0.200. The van der Waals surface area contributed by atoms with Gasteiger partial charge in [0.15, 0.2) is 0 Å². The minimum atomic E-state index is -1.09. The maximum atomic E-state index is 11.8. The molecule has 98 valence electrons. The van der Waals surface area contributed by atoms with Gasteiger partial charge in [-0.05, 0) is 31.0 Å². The van der Waals surface area contributed by atoms with Crippen LogP contribution in [0.4, 0.5) is 0 Å². The molecule has 2 rings (SSSR count). The van der Waals surface area contributed by atoms with E-state index in [4.69, 9.17) is 5.11 Å². The summed E-state index contributed by atoms with van der Waals surface area (Å²) in [4.78, 5) is 23.0. The van der Waals surface area contributed by atoms with E-state index in [0.29, 0.717) is 0 Å². The lowest BCUT2D eigenvalue weighted by atomic mass is 10.1. The average molecular weight is 257 g/mol. The Hall–Kier alpha value is -2.36. The zero-order valence-electron chi connectivity index (χ0n) is 10.9. The number of carboxylic acids is 1. The summed E-state index contributed by atoms with van der Waals surface area (Å²) in [5.41, 5.74) is 2.78. The Morgan fingerprint density at radius 2 is 1.95 bits per heavy atom. The minimum Gasteiger partial charge on any atom is -0.477 e. The monoisotopic (exact) mass is 257 g/mol. The fourth-order valence-electron chi connectivity index (χ4n) is 2.01. The van der Waals surface area contributed by atoms with Crippen molar-refractivity contribution >= 4 is 5.97 Å². The highest BCUT2D eigenvalue weighted by Crippen LogP contribution is 2.12. The standard InChI is InChI=1S/C15H15NO3/c1-10-6-7-11(2)12(8-10)9-16-13(15(18)19)4-3-5-14(16)17/h3-8H,9H2,1-2H3,(H,18,19). The number of aryl methyl sites for hydroxylation is 2. The second-order valence-electron chi connectivity index (χ2n) is 4.57. The van der Waals surface area contributed by atoms with Crippen LogP contribution in [0.2, 0.25) is 0 Å². The third kappa shape index (κ3) is 2.73. The van der Waals surface area contributed by atoms with Crippen molar-refractivity contribution in [1.82, 2.24) is 4.57 Å². The van der Waals surface area contributed by atoms with Gasteiger partial charge in [0.1, 0.15) is 5.69 Å². The molecule has 0 atom stereocenters. The zero-order chi connectivity index (χ0) is 14.0. The van der Waals surface area contributed by atoms with Gasteiger partial charge in [-0.3, -0.25) is 9.36 Å². The van der Waals surface area contributed by atoms with E-state index in [1.165, 1.54) is 22.8 Å². The van der Waals surface area contributed by atoms with Crippen LogP contribution in [-0.4, -0.2) is 15.6 Å². The molecule has 2 aromatic rings. The highest BCUT2D eigenvalue weighted by molar-refractivity contribution is 5.85. The van der Waals surface area contributed by atoms with E-state index in [2.05, 4.69) is 0 Å². The van der Waals surface area contributed by atoms with Gasteiger partial charge in [0.05, 0.1) is 6.54 Å². The number of carbonyl (C=O) groups is 1. The molecule has 0 saturated carbocycles. The average Bonchev–Trinajstić information content (AvgIpc) is 2.35. The zero-order valence-corrected chi connectivity index (χ0v) is 10.9. The summed E-state index contributed by atoms with van der Waals surface area (Å²) in [6.45, 7) is 4.19. The molecule has 0 bridgehead atoms. The summed E-state index contributed by atoms with van der Waals surface area (Å²) in [6, 6.07) is 10.2. The molecule has 1 aromatic carbocycles. The molecule has 19 heavy (non-hydrogen) atoms. The summed E-state index contributed by atoms with van der Waals surface area (Å²) in [5.74, 6) is -1.09. The van der Waals surface area contributed by atoms with Crippen molar-refractivity contribution in [2.75, 3.05) is 0 Å². The van der Waals surface area contributed by atoms with Crippen LogP contribution < -0.4 is 5.56 Å². The largest absolute Gasteiger partial charge is 0.477 e. The van der Waals surface area contributed by atoms with Gasteiger partial charge in [-0.1, -0.05) is 29.8 Å². The molecule has 0 unspecified atom stereocenters. The Morgan fingerprint density at radius 3 is 2.63 bits per heavy atom. The van der Waals surface area contributed by atoms with E-state index in [1.807, 2.05) is 32.0 Å². The van der Waals surface area contributed by atoms with Gasteiger partial charge in [0, 0.05) is 6.07 Å². The Balaban J connectivity index is 2.52. The van der Waals surface area contributed by atoms with Crippen LogP contribution >= 0.6 is 0 Å². The smallest absolute Gasteiger partial charge is 0.352 e. The summed E-state index contributed by atoms with van der Waals surface area (Å²) < 4.78 is 1.28. The van der Waals surface area contributed by atoms with Crippen molar-refractivity contribution in [3.63, 3.8) is 0 Å². The molecule has 0 aliphatic heterocycles. The van der Waals surface area contributed by atoms with Gasteiger partial charge < -0.3 is 5.11 Å². The number of carboxylic acid groups (broad SMARTS) is 1. The minimum absolute atomic E-state index is 0.00778. The molecule has 0 aliphatic rings. The first-order valence-corrected chi connectivity index (χ1v) is 5.98. The predicted molar refractivity (Wildman–Crippen MR) is 72.7 cm³/mol. The predicted octanol–water partition coefficient (Wildman–Crippen LogP) is 2.21. The lowest BCUT2D eigenvalue weighted by molar-refractivity contribution is 0.0684. The fourth-order valence-corrected chi connectivity index (χ4v) is 2.01. The number of pyridine rings is 1. The van der Waals surface area contributed by atoms with Gasteiger partial charge in [-0.15, -0.1) is 0 Å². The lowest BCUT2D eigenvalue weighted by Gasteiger charge is -2.12. The van der Waals surface area contributed by atoms with Crippen molar-refractivity contribution in [2.24, 2.45) is 0 Å². The van der Waals surface area contributed by atoms with Crippen molar-refractivity contribution in [1.29, 1.82) is 0 Å². The Kier molecular flexibility index (Phi) is 3.51. The van der Waals surface area contributed by atoms with Crippen molar-refractivity contribution in [3.8, 4) is 0 Å². The maximum absolute atomic E-state index is 11.8. The van der Waals surface area contributed by atoms with Crippen LogP contribution in [0.1, 0.15) is 27.2 Å². The topological polar surface area (TPSA) is 59.3 Å². The molecule has 1 heterocycles. The van der Waals surface area contributed by atoms with E-state index < -0.39 is 5.97 Å². The van der Waals surface area contributed by atoms with Crippen LogP contribution in [0.15, 0.2) is 41.2 Å². The Bertz CT molecular complexity index is 686. The summed E-state index contributed by atoms with van der Waals surface area (Å²) >= 11 is 0. The first-order valence-electron chi connectivity index (χ1n) is 5.98. The number of aromatic nitrogens is 1. The number of nitrogens with zero attached hydrogens (tertiary/aromatic N) is 1. The third-order valence-electron chi connectivity index (χ3n) is 3.10. The van der Waals surface area contributed by atoms with Gasteiger partial charge in [-0.25, -0.2) is 4.79 Å². The first-order chi connectivity index (χ1) is 8.99. The van der Waals surface area contributed by atoms with Gasteiger partial charge in [0.25, 0.3) is 5.56 Å². The van der Waals surface area contributed by atoms with Gasteiger partial charge in [-0.2, -0.15) is 0 Å². The number of rotatable bonds is 3. The van der Waals surface area contributed by atoms with E-state index >= 15 is 0 Å². The van der Waals surface area contributed by atoms with Crippen LogP contribution in [0.5, 0.6) is 0 Å². The van der Waals surface area contributed by atoms with Crippen molar-refractivity contribution in [3.05, 3.63) is 69.1 Å². The van der Waals surface area contributed by atoms with E-state index in [1.54, 1.807) is 0 Å². The molecule has 1 N–H and O–H groups in total. The summed E-state index contributed by atoms with van der Waals surface area (Å²) in [6.07, 6.45) is 0. The molecule has 1 aromatic heterocycles. The number of hydrogen-bond acceptors (Lipinski definition) is 2. The van der Waals surface area contributed by atoms with Crippen molar-refractivity contribution < 1.29 is 9.90 Å². The highest BCUT2D eigenvalue weighted by Gasteiger charge is 2.11. The molecule has 0 radical (unpaired) electrons. The third-order valence-corrected chi connectivity index (χ3v) is 3.10. The number of benzene rings is 1. The van der Waals surface area contributed by atoms with Crippen LogP contribution in [0.3, 0.4) is 0 Å². The molecule has 0 spiro atoms. The van der Waals surface area contributed by atoms with E-state index in [-0.39, 0.29) is 17.8 Å². The quantitative estimate of drug-likeness (QED) is 0.917. The molecule has 0 fully saturated rings. The number of aromatic carboxylic acids is 1. The SMILES string of the molecule is Cc1ccc(C)c(Cn2c(C(=O)O)cccc2=O)c1. The van der Waals surface area contributed by atoms with Crippen LogP contribution in [0, 0.1) is 13.8 Å². The van der Waals surface area contributed by atoms with E-state index in [0.717, 1.165) is 16.7 Å². The molecule has 0 amide bonds. The molecule has 0 saturated heterocycles. The molecule has 0 aliphatic carbocycles. The molecule has 4 nitrogen and oxygen atoms in total. The summed E-state index contributed by atoms with van der Waals surface area (Å²) in [7, 11) is 0. The Labute approximate surface area is 110 Å². The second-order valence-corrected chi connectivity index (χ2v) is 4.57. The lowest BCUT2D eigenvalue weighted by Crippen LogP contribution is -2.25. The van der Waals surface area contributed by atoms with Crippen molar-refractivity contribution in [2.45, 2.75) is 20.4 Å². The second kappa shape index (κ2) is 5.10. The Morgan fingerprint density at radius 1 is 1.21 bits per heavy atom. The van der Waals surface area contributed by atoms with Crippen LogP contribution in [0.25, 0.3) is 0 Å². The molecule has 4 heteroatoms. The maximum Gasteiger partial charge on any atom is 0.352 e.